The van der Waals surface area contributed by atoms with Crippen molar-refractivity contribution in [2.24, 2.45) is 0 Å². The Morgan fingerprint density at radius 1 is 1.05 bits per heavy atom. The fraction of sp³-hybridized carbons (Fsp3) is 0.312. The molecule has 0 aliphatic heterocycles. The molecule has 1 N–H and O–H groups in total. The van der Waals surface area contributed by atoms with E-state index in [1.165, 1.54) is 21.3 Å². The Morgan fingerprint density at radius 2 is 1.73 bits per heavy atom. The summed E-state index contributed by atoms with van der Waals surface area (Å²) in [6, 6.07) is 5.10. The number of carbonyl (C=O) groups is 1. The fourth-order valence-electron chi connectivity index (χ4n) is 2.24. The molecule has 0 heterocycles. The smallest absolute Gasteiger partial charge is 0.311 e. The molecule has 0 fully saturated rings. The summed E-state index contributed by atoms with van der Waals surface area (Å²) in [7, 11) is 4.30. The van der Waals surface area contributed by atoms with E-state index in [1.54, 1.807) is 25.1 Å². The van der Waals surface area contributed by atoms with Gasteiger partial charge in [0.05, 0.1) is 26.7 Å². The van der Waals surface area contributed by atoms with Crippen molar-refractivity contribution in [2.45, 2.75) is 13.3 Å². The van der Waals surface area contributed by atoms with E-state index in [4.69, 9.17) is 18.9 Å². The fourth-order valence-corrected chi connectivity index (χ4v) is 2.24. The van der Waals surface area contributed by atoms with Crippen LogP contribution in [-0.2, 0) is 4.79 Å². The molecule has 22 heavy (non-hydrogen) atoms. The lowest BCUT2D eigenvalue weighted by atomic mass is 10.1. The maximum absolute atomic E-state index is 11.8. The molecule has 0 saturated heterocycles. The van der Waals surface area contributed by atoms with Gasteiger partial charge in [0.2, 0.25) is 11.5 Å². The Hall–Kier alpha value is -2.63. The molecule has 2 aromatic carbocycles. The third-order valence-corrected chi connectivity index (χ3v) is 3.27. The van der Waals surface area contributed by atoms with Gasteiger partial charge in [0.1, 0.15) is 5.75 Å². The highest BCUT2D eigenvalue weighted by Gasteiger charge is 2.25. The lowest BCUT2D eigenvalue weighted by Gasteiger charge is -2.18. The number of aromatic hydroxyl groups is 1. The molecule has 0 aliphatic rings. The average Bonchev–Trinajstić information content (AvgIpc) is 2.55. The van der Waals surface area contributed by atoms with Crippen molar-refractivity contribution in [3.8, 4) is 28.7 Å². The monoisotopic (exact) mass is 306 g/mol. The maximum atomic E-state index is 11.8. The summed E-state index contributed by atoms with van der Waals surface area (Å²) in [5, 5.41) is 11.3. The summed E-state index contributed by atoms with van der Waals surface area (Å²) >= 11 is 0. The molecule has 0 spiro atoms. The topological polar surface area (TPSA) is 74.2 Å². The first-order valence-corrected chi connectivity index (χ1v) is 6.73. The summed E-state index contributed by atoms with van der Waals surface area (Å²) < 4.78 is 21.2. The highest BCUT2D eigenvalue weighted by Crippen LogP contribution is 2.52. The van der Waals surface area contributed by atoms with Crippen LogP contribution in [0.15, 0.2) is 18.2 Å². The molecule has 0 saturated carbocycles. The van der Waals surface area contributed by atoms with E-state index in [2.05, 4.69) is 0 Å². The van der Waals surface area contributed by atoms with Gasteiger partial charge < -0.3 is 24.1 Å². The van der Waals surface area contributed by atoms with Crippen molar-refractivity contribution in [1.82, 2.24) is 0 Å². The minimum atomic E-state index is -0.432. The predicted octanol–water partition coefficient (Wildman–Crippen LogP) is 2.89. The van der Waals surface area contributed by atoms with Crippen LogP contribution < -0.4 is 18.9 Å². The van der Waals surface area contributed by atoms with Gasteiger partial charge in [0, 0.05) is 11.8 Å². The van der Waals surface area contributed by atoms with Crippen molar-refractivity contribution in [2.75, 3.05) is 21.3 Å². The van der Waals surface area contributed by atoms with Gasteiger partial charge in [-0.25, -0.2) is 0 Å². The molecule has 0 radical (unpaired) electrons. The first-order valence-electron chi connectivity index (χ1n) is 6.73. The number of ether oxygens (including phenoxy) is 4. The first-order chi connectivity index (χ1) is 10.6. The van der Waals surface area contributed by atoms with Crippen LogP contribution in [0.1, 0.15) is 13.3 Å². The van der Waals surface area contributed by atoms with Crippen molar-refractivity contribution in [1.29, 1.82) is 0 Å². The van der Waals surface area contributed by atoms with Crippen LogP contribution in [-0.4, -0.2) is 32.4 Å². The van der Waals surface area contributed by atoms with E-state index < -0.39 is 5.97 Å². The second-order valence-corrected chi connectivity index (χ2v) is 4.45. The van der Waals surface area contributed by atoms with Crippen molar-refractivity contribution in [3.05, 3.63) is 18.2 Å². The minimum absolute atomic E-state index is 0.0992. The highest BCUT2D eigenvalue weighted by atomic mass is 16.6. The number of esters is 1. The first kappa shape index (κ1) is 15.8. The van der Waals surface area contributed by atoms with Gasteiger partial charge in [-0.3, -0.25) is 4.79 Å². The van der Waals surface area contributed by atoms with E-state index in [0.29, 0.717) is 16.5 Å². The zero-order chi connectivity index (χ0) is 16.3. The normalized spacial score (nSPS) is 10.4. The summed E-state index contributed by atoms with van der Waals surface area (Å²) in [6.07, 6.45) is 0.197. The Kier molecular flexibility index (Phi) is 4.60. The van der Waals surface area contributed by atoms with Gasteiger partial charge in [-0.15, -0.1) is 0 Å². The van der Waals surface area contributed by atoms with Gasteiger partial charge in [0.25, 0.3) is 0 Å². The van der Waals surface area contributed by atoms with Crippen molar-refractivity contribution in [3.63, 3.8) is 0 Å². The van der Waals surface area contributed by atoms with Crippen molar-refractivity contribution < 1.29 is 28.8 Å². The van der Waals surface area contributed by atoms with E-state index in [1.807, 2.05) is 0 Å². The second kappa shape index (κ2) is 6.43. The lowest BCUT2D eigenvalue weighted by Crippen LogP contribution is -2.08. The Morgan fingerprint density at radius 3 is 2.27 bits per heavy atom. The van der Waals surface area contributed by atoms with Gasteiger partial charge >= 0.3 is 5.97 Å². The predicted molar refractivity (Wildman–Crippen MR) is 81.2 cm³/mol. The molecule has 118 valence electrons. The Balaban J connectivity index is 2.91. The standard InChI is InChI=1S/C16H18O6/c1-5-11(17)22-14-12-9(7-6-8-10(12)19-2)13(18)15(20-3)16(14)21-4/h6-8,18H,5H2,1-4H3. The van der Waals surface area contributed by atoms with Gasteiger partial charge in [0.15, 0.2) is 11.5 Å². The molecule has 2 rings (SSSR count). The average molecular weight is 306 g/mol. The lowest BCUT2D eigenvalue weighted by molar-refractivity contribution is -0.134. The molecule has 0 atom stereocenters. The SMILES string of the molecule is CCC(=O)Oc1c(OC)c(OC)c(O)c2cccc(OC)c12. The number of phenolic OH excluding ortho intramolecular Hbond substituents is 1. The van der Waals surface area contributed by atoms with Crippen molar-refractivity contribution >= 4 is 16.7 Å². The molecule has 0 aliphatic carbocycles. The van der Waals surface area contributed by atoms with E-state index in [9.17, 15) is 9.90 Å². The number of methoxy groups -OCH3 is 3. The number of carbonyl (C=O) groups excluding carboxylic acids is 1. The number of hydrogen-bond donors (Lipinski definition) is 1. The van der Waals surface area contributed by atoms with Crippen LogP contribution in [0.3, 0.4) is 0 Å². The summed E-state index contributed by atoms with van der Waals surface area (Å²) in [6.45, 7) is 1.69. The molecule has 0 amide bonds. The van der Waals surface area contributed by atoms with Gasteiger partial charge in [-0.1, -0.05) is 19.1 Å². The highest BCUT2D eigenvalue weighted by molar-refractivity contribution is 6.03. The number of rotatable bonds is 5. The summed E-state index contributed by atoms with van der Waals surface area (Å²) in [4.78, 5) is 11.8. The Labute approximate surface area is 128 Å². The molecule has 0 aromatic heterocycles. The van der Waals surface area contributed by atoms with Gasteiger partial charge in [-0.2, -0.15) is 0 Å². The van der Waals surface area contributed by atoms with E-state index in [-0.39, 0.29) is 29.4 Å². The van der Waals surface area contributed by atoms with Crippen LogP contribution in [0.4, 0.5) is 0 Å². The summed E-state index contributed by atoms with van der Waals surface area (Å²) in [5.74, 6) is 0.313. The Bertz CT molecular complexity index is 708. The van der Waals surface area contributed by atoms with Crippen LogP contribution >= 0.6 is 0 Å². The zero-order valence-corrected chi connectivity index (χ0v) is 12.9. The summed E-state index contributed by atoms with van der Waals surface area (Å²) in [5.41, 5.74) is 0. The third kappa shape index (κ3) is 2.47. The number of fused-ring (bicyclic) bond motifs is 1. The number of benzene rings is 2. The quantitative estimate of drug-likeness (QED) is 0.676. The van der Waals surface area contributed by atoms with Crippen LogP contribution in [0.5, 0.6) is 28.7 Å². The third-order valence-electron chi connectivity index (χ3n) is 3.27. The molecule has 0 unspecified atom stereocenters. The molecule has 6 nitrogen and oxygen atoms in total. The number of hydrogen-bond acceptors (Lipinski definition) is 6. The largest absolute Gasteiger partial charge is 0.504 e. The maximum Gasteiger partial charge on any atom is 0.311 e. The van der Waals surface area contributed by atoms with E-state index in [0.717, 1.165) is 0 Å². The van der Waals surface area contributed by atoms with Crippen LogP contribution in [0.2, 0.25) is 0 Å². The molecular formula is C16H18O6. The molecule has 6 heteroatoms. The van der Waals surface area contributed by atoms with E-state index >= 15 is 0 Å². The molecule has 2 aromatic rings. The number of phenols is 1. The van der Waals surface area contributed by atoms with Crippen LogP contribution in [0, 0.1) is 0 Å². The van der Waals surface area contributed by atoms with Crippen LogP contribution in [0.25, 0.3) is 10.8 Å². The second-order valence-electron chi connectivity index (χ2n) is 4.45. The molecular weight excluding hydrogens is 288 g/mol. The minimum Gasteiger partial charge on any atom is -0.504 e. The zero-order valence-electron chi connectivity index (χ0n) is 12.9. The van der Waals surface area contributed by atoms with Gasteiger partial charge in [-0.05, 0) is 6.07 Å². The molecule has 0 bridgehead atoms.